The Morgan fingerprint density at radius 3 is 0.591 bits per heavy atom. The van der Waals surface area contributed by atoms with Crippen molar-refractivity contribution in [1.29, 1.82) is 0 Å². The summed E-state index contributed by atoms with van der Waals surface area (Å²) in [6, 6.07) is 0. The molecule has 0 rings (SSSR count). The van der Waals surface area contributed by atoms with E-state index in [4.69, 9.17) is 0 Å². The van der Waals surface area contributed by atoms with Gasteiger partial charge in [0.25, 0.3) is 0 Å². The molecule has 0 bridgehead atoms. The molecule has 4 heteroatoms. The van der Waals surface area contributed by atoms with Crippen molar-refractivity contribution < 1.29 is 35.6 Å². The summed E-state index contributed by atoms with van der Waals surface area (Å²) in [5.74, 6) is 0. The van der Waals surface area contributed by atoms with Gasteiger partial charge in [0.1, 0.15) is 0 Å². The van der Waals surface area contributed by atoms with Crippen LogP contribution in [0.1, 0.15) is 80.1 Å². The zero-order valence-electron chi connectivity index (χ0n) is 16.6. The molecule has 0 spiro atoms. The fourth-order valence-electron chi connectivity index (χ4n) is 1.44. The average Bonchev–Trinajstić information content (AvgIpc) is 2.50. The average molecular weight is 442 g/mol. The molecule has 0 aromatic carbocycles. The van der Waals surface area contributed by atoms with Crippen LogP contribution in [-0.4, -0.2) is 39.3 Å². The standard InChI is InChI=1S/3C6H15N.La/c3*1-3-5-7-6-4-2;/h3*7H,3-6H2,1-2H3;/q;;;+3. The van der Waals surface area contributed by atoms with Crippen LogP contribution in [0.2, 0.25) is 0 Å². The molecule has 0 aromatic heterocycles. The predicted molar refractivity (Wildman–Crippen MR) is 100 cm³/mol. The van der Waals surface area contributed by atoms with Gasteiger partial charge in [-0.15, -0.1) is 0 Å². The van der Waals surface area contributed by atoms with Crippen LogP contribution in [0, 0.1) is 35.6 Å². The van der Waals surface area contributed by atoms with Crippen LogP contribution in [-0.2, 0) is 0 Å². The van der Waals surface area contributed by atoms with E-state index in [1.807, 2.05) is 0 Å². The molecule has 0 amide bonds. The van der Waals surface area contributed by atoms with Gasteiger partial charge in [0.15, 0.2) is 0 Å². The molecule has 22 heavy (non-hydrogen) atoms. The van der Waals surface area contributed by atoms with Crippen molar-refractivity contribution in [3.8, 4) is 0 Å². The molecule has 132 valence electrons. The Morgan fingerprint density at radius 1 is 0.364 bits per heavy atom. The van der Waals surface area contributed by atoms with Gasteiger partial charge in [0, 0.05) is 0 Å². The van der Waals surface area contributed by atoms with Crippen LogP contribution in [0.15, 0.2) is 0 Å². The quantitative estimate of drug-likeness (QED) is 0.397. The Kier molecular flexibility index (Phi) is 53.3. The molecule has 0 aliphatic rings. The molecule has 0 heterocycles. The third kappa shape index (κ3) is 49.7. The molecule has 0 radical (unpaired) electrons. The fraction of sp³-hybridized carbons (Fsp3) is 1.00. The Bertz CT molecular complexity index is 99.7. The molecule has 0 atom stereocenters. The number of hydrogen-bond acceptors (Lipinski definition) is 3. The van der Waals surface area contributed by atoms with Crippen molar-refractivity contribution in [1.82, 2.24) is 16.0 Å². The minimum atomic E-state index is 0. The first-order valence-corrected chi connectivity index (χ1v) is 9.36. The van der Waals surface area contributed by atoms with Crippen molar-refractivity contribution in [2.45, 2.75) is 80.1 Å². The Labute approximate surface area is 170 Å². The van der Waals surface area contributed by atoms with E-state index >= 15 is 0 Å². The van der Waals surface area contributed by atoms with Crippen molar-refractivity contribution in [3.63, 3.8) is 0 Å². The third-order valence-corrected chi connectivity index (χ3v) is 2.56. The van der Waals surface area contributed by atoms with Gasteiger partial charge in [-0.05, 0) is 77.8 Å². The van der Waals surface area contributed by atoms with Gasteiger partial charge >= 0.3 is 35.6 Å². The molecule has 0 saturated carbocycles. The summed E-state index contributed by atoms with van der Waals surface area (Å²) in [5, 5.41) is 9.85. The number of nitrogens with one attached hydrogen (secondary N) is 3. The Morgan fingerprint density at radius 2 is 0.500 bits per heavy atom. The van der Waals surface area contributed by atoms with E-state index in [0.717, 1.165) is 0 Å². The zero-order chi connectivity index (χ0) is 16.6. The molecule has 0 saturated heterocycles. The van der Waals surface area contributed by atoms with Crippen molar-refractivity contribution in [2.24, 2.45) is 0 Å². The van der Waals surface area contributed by atoms with Gasteiger partial charge in [0.05, 0.1) is 0 Å². The minimum absolute atomic E-state index is 0. The number of rotatable bonds is 12. The molecule has 0 aliphatic heterocycles. The normalized spacial score (nSPS) is 9.00. The first-order valence-electron chi connectivity index (χ1n) is 9.36. The van der Waals surface area contributed by atoms with E-state index in [0.29, 0.717) is 0 Å². The summed E-state index contributed by atoms with van der Waals surface area (Å²) >= 11 is 0. The Balaban J connectivity index is -0.000000108. The summed E-state index contributed by atoms with van der Waals surface area (Å²) in [4.78, 5) is 0. The van der Waals surface area contributed by atoms with E-state index in [-0.39, 0.29) is 35.6 Å². The molecule has 0 fully saturated rings. The maximum absolute atomic E-state index is 3.28. The van der Waals surface area contributed by atoms with E-state index in [2.05, 4.69) is 57.5 Å². The monoisotopic (exact) mass is 442 g/mol. The van der Waals surface area contributed by atoms with E-state index < -0.39 is 0 Å². The predicted octanol–water partition coefficient (Wildman–Crippen LogP) is 4.19. The topological polar surface area (TPSA) is 36.1 Å². The first kappa shape index (κ1) is 30.9. The second-order valence-corrected chi connectivity index (χ2v) is 5.25. The smallest absolute Gasteiger partial charge is 0.317 e. The van der Waals surface area contributed by atoms with Gasteiger partial charge in [-0.2, -0.15) is 0 Å². The van der Waals surface area contributed by atoms with E-state index in [1.165, 1.54) is 77.8 Å². The van der Waals surface area contributed by atoms with Crippen LogP contribution in [0.3, 0.4) is 0 Å². The molecule has 0 aliphatic carbocycles. The summed E-state index contributed by atoms with van der Waals surface area (Å²) in [6.45, 7) is 20.1. The number of hydrogen-bond donors (Lipinski definition) is 3. The molecule has 0 unspecified atom stereocenters. The van der Waals surface area contributed by atoms with Gasteiger partial charge < -0.3 is 16.0 Å². The van der Waals surface area contributed by atoms with Crippen molar-refractivity contribution >= 4 is 0 Å². The molecule has 3 N–H and O–H groups in total. The van der Waals surface area contributed by atoms with Gasteiger partial charge in [-0.25, -0.2) is 0 Å². The second kappa shape index (κ2) is 37.9. The Hall–Kier alpha value is 1.07. The van der Waals surface area contributed by atoms with Crippen LogP contribution in [0.5, 0.6) is 0 Å². The summed E-state index contributed by atoms with van der Waals surface area (Å²) in [5.41, 5.74) is 0. The fourth-order valence-corrected chi connectivity index (χ4v) is 1.44. The zero-order valence-corrected chi connectivity index (χ0v) is 20.2. The minimum Gasteiger partial charge on any atom is -0.317 e. The third-order valence-electron chi connectivity index (χ3n) is 2.56. The SMILES string of the molecule is CCCNCCC.CCCNCCC.CCCNCCC.[La+3]. The maximum atomic E-state index is 3.28. The summed E-state index contributed by atoms with van der Waals surface area (Å²) in [7, 11) is 0. The first-order chi connectivity index (χ1) is 10.2. The van der Waals surface area contributed by atoms with Crippen LogP contribution >= 0.6 is 0 Å². The van der Waals surface area contributed by atoms with Crippen molar-refractivity contribution in [3.05, 3.63) is 0 Å². The maximum Gasteiger partial charge on any atom is 3.00 e. The largest absolute Gasteiger partial charge is 3.00 e. The molecule has 3 nitrogen and oxygen atoms in total. The van der Waals surface area contributed by atoms with E-state index in [9.17, 15) is 0 Å². The van der Waals surface area contributed by atoms with Gasteiger partial charge in [0.2, 0.25) is 0 Å². The molecule has 0 aromatic rings. The van der Waals surface area contributed by atoms with Gasteiger partial charge in [-0.1, -0.05) is 41.5 Å². The van der Waals surface area contributed by atoms with Crippen molar-refractivity contribution in [2.75, 3.05) is 39.3 Å². The summed E-state index contributed by atoms with van der Waals surface area (Å²) < 4.78 is 0. The van der Waals surface area contributed by atoms with Crippen LogP contribution < -0.4 is 16.0 Å². The molecular formula is C18H45LaN3+3. The summed E-state index contributed by atoms with van der Waals surface area (Å²) in [6.07, 6.45) is 7.50. The van der Waals surface area contributed by atoms with Crippen LogP contribution in [0.25, 0.3) is 0 Å². The van der Waals surface area contributed by atoms with E-state index in [1.54, 1.807) is 0 Å². The van der Waals surface area contributed by atoms with Crippen LogP contribution in [0.4, 0.5) is 0 Å². The second-order valence-electron chi connectivity index (χ2n) is 5.25. The van der Waals surface area contributed by atoms with Gasteiger partial charge in [-0.3, -0.25) is 0 Å². The molecular weight excluding hydrogens is 397 g/mol.